The summed E-state index contributed by atoms with van der Waals surface area (Å²) < 4.78 is 6.75. The number of aliphatic imine (C=N–C) groups is 1. The SMILES string of the molecule is C=CCOc1ccc(Br)cc1C=Nc1ccc([C@@H]2Nc3ccc(C)cc3[C@H]3C=CC[C@@H]32)cc1. The van der Waals surface area contributed by atoms with Gasteiger partial charge in [-0.3, -0.25) is 4.99 Å². The zero-order chi connectivity index (χ0) is 22.8. The third-order valence-corrected chi connectivity index (χ3v) is 6.94. The van der Waals surface area contributed by atoms with Crippen molar-refractivity contribution in [1.82, 2.24) is 0 Å². The summed E-state index contributed by atoms with van der Waals surface area (Å²) in [5.74, 6) is 1.81. The molecule has 0 amide bonds. The van der Waals surface area contributed by atoms with E-state index in [1.807, 2.05) is 24.4 Å². The molecule has 3 nitrogen and oxygen atoms in total. The van der Waals surface area contributed by atoms with E-state index in [4.69, 9.17) is 9.73 Å². The van der Waals surface area contributed by atoms with E-state index < -0.39 is 0 Å². The number of hydrogen-bond donors (Lipinski definition) is 1. The number of aryl methyl sites for hydroxylation is 1. The Hall–Kier alpha value is -3.11. The summed E-state index contributed by atoms with van der Waals surface area (Å²) in [5, 5.41) is 3.81. The van der Waals surface area contributed by atoms with Crippen LogP contribution < -0.4 is 10.1 Å². The standard InChI is InChI=1S/C29H27BrN2O/c1-3-15-33-28-14-10-22(30)17-21(28)18-31-23-11-8-20(9-12-23)29-25-6-4-5-24(25)26-16-19(2)7-13-27(26)32-29/h3-5,7-14,16-18,24-25,29,32H,1,6,15H2,2H3/t24-,25-,29-/m0/s1. The van der Waals surface area contributed by atoms with Gasteiger partial charge in [-0.1, -0.05) is 70.6 Å². The molecule has 0 spiro atoms. The Morgan fingerprint density at radius 2 is 1.97 bits per heavy atom. The van der Waals surface area contributed by atoms with Gasteiger partial charge >= 0.3 is 0 Å². The first kappa shape index (κ1) is 21.7. The van der Waals surface area contributed by atoms with Crippen molar-refractivity contribution in [3.63, 3.8) is 0 Å². The summed E-state index contributed by atoms with van der Waals surface area (Å²) in [6.45, 7) is 6.35. The molecule has 0 radical (unpaired) electrons. The molecule has 33 heavy (non-hydrogen) atoms. The lowest BCUT2D eigenvalue weighted by Gasteiger charge is -2.37. The van der Waals surface area contributed by atoms with E-state index in [0.717, 1.165) is 27.9 Å². The molecular weight excluding hydrogens is 472 g/mol. The number of halogens is 1. The van der Waals surface area contributed by atoms with Crippen LogP contribution in [0.5, 0.6) is 5.75 Å². The summed E-state index contributed by atoms with van der Waals surface area (Å²) >= 11 is 3.53. The summed E-state index contributed by atoms with van der Waals surface area (Å²) in [6, 6.07) is 21.6. The maximum atomic E-state index is 5.76. The van der Waals surface area contributed by atoms with Crippen molar-refractivity contribution in [3.8, 4) is 5.75 Å². The number of rotatable bonds is 6. The second-order valence-electron chi connectivity index (χ2n) is 8.70. The minimum absolute atomic E-state index is 0.294. The number of ether oxygens (including phenoxy) is 1. The average molecular weight is 499 g/mol. The van der Waals surface area contributed by atoms with Crippen LogP contribution in [-0.2, 0) is 0 Å². The lowest BCUT2D eigenvalue weighted by molar-refractivity contribution is 0.362. The number of nitrogens with zero attached hydrogens (tertiary/aromatic N) is 1. The monoisotopic (exact) mass is 498 g/mol. The van der Waals surface area contributed by atoms with Crippen LogP contribution in [0.3, 0.4) is 0 Å². The summed E-state index contributed by atoms with van der Waals surface area (Å²) in [4.78, 5) is 4.70. The molecule has 0 bridgehead atoms. The van der Waals surface area contributed by atoms with Crippen molar-refractivity contribution in [2.24, 2.45) is 10.9 Å². The molecule has 4 heteroatoms. The number of hydrogen-bond acceptors (Lipinski definition) is 3. The highest BCUT2D eigenvalue weighted by molar-refractivity contribution is 9.10. The van der Waals surface area contributed by atoms with Gasteiger partial charge in [-0.15, -0.1) is 0 Å². The lowest BCUT2D eigenvalue weighted by Crippen LogP contribution is -2.29. The van der Waals surface area contributed by atoms with Gasteiger partial charge in [-0.2, -0.15) is 0 Å². The Morgan fingerprint density at radius 1 is 1.12 bits per heavy atom. The summed E-state index contributed by atoms with van der Waals surface area (Å²) in [6.07, 6.45) is 9.42. The molecule has 3 aromatic carbocycles. The fourth-order valence-corrected chi connectivity index (χ4v) is 5.23. The number of benzene rings is 3. The lowest BCUT2D eigenvalue weighted by atomic mass is 9.76. The fraction of sp³-hybridized carbons (Fsp3) is 0.207. The third kappa shape index (κ3) is 4.53. The number of nitrogens with one attached hydrogen (secondary N) is 1. The maximum absolute atomic E-state index is 5.76. The van der Waals surface area contributed by atoms with E-state index in [1.54, 1.807) is 6.08 Å². The van der Waals surface area contributed by atoms with Crippen LogP contribution in [0, 0.1) is 12.8 Å². The predicted octanol–water partition coefficient (Wildman–Crippen LogP) is 7.90. The predicted molar refractivity (Wildman–Crippen MR) is 141 cm³/mol. The van der Waals surface area contributed by atoms with Gasteiger partial charge in [-0.05, 0) is 66.8 Å². The van der Waals surface area contributed by atoms with Gasteiger partial charge in [0, 0.05) is 27.9 Å². The molecule has 5 rings (SSSR count). The fourth-order valence-electron chi connectivity index (χ4n) is 4.86. The van der Waals surface area contributed by atoms with Crippen molar-refractivity contribution in [2.75, 3.05) is 11.9 Å². The van der Waals surface area contributed by atoms with Crippen LogP contribution in [0.1, 0.15) is 40.6 Å². The van der Waals surface area contributed by atoms with E-state index in [0.29, 0.717) is 24.5 Å². The molecule has 166 valence electrons. The zero-order valence-electron chi connectivity index (χ0n) is 18.7. The van der Waals surface area contributed by atoms with Crippen LogP contribution in [0.2, 0.25) is 0 Å². The van der Waals surface area contributed by atoms with E-state index in [-0.39, 0.29) is 0 Å². The molecule has 1 aliphatic heterocycles. The van der Waals surface area contributed by atoms with Gasteiger partial charge in [0.15, 0.2) is 0 Å². The van der Waals surface area contributed by atoms with Gasteiger partial charge in [0.05, 0.1) is 11.7 Å². The molecule has 0 unspecified atom stereocenters. The summed E-state index contributed by atoms with van der Waals surface area (Å²) in [5.41, 5.74) is 7.14. The van der Waals surface area contributed by atoms with Crippen molar-refractivity contribution in [2.45, 2.75) is 25.3 Å². The molecule has 1 heterocycles. The van der Waals surface area contributed by atoms with Crippen molar-refractivity contribution in [1.29, 1.82) is 0 Å². The van der Waals surface area contributed by atoms with Gasteiger partial charge in [0.25, 0.3) is 0 Å². The first-order valence-electron chi connectivity index (χ1n) is 11.3. The van der Waals surface area contributed by atoms with Crippen LogP contribution in [0.4, 0.5) is 11.4 Å². The molecule has 3 atom stereocenters. The molecule has 1 aliphatic carbocycles. The molecule has 0 fully saturated rings. The second-order valence-corrected chi connectivity index (χ2v) is 9.61. The van der Waals surface area contributed by atoms with Crippen LogP contribution in [0.15, 0.2) is 94.9 Å². The van der Waals surface area contributed by atoms with Gasteiger partial charge in [0.2, 0.25) is 0 Å². The minimum Gasteiger partial charge on any atom is -0.489 e. The van der Waals surface area contributed by atoms with Gasteiger partial charge < -0.3 is 10.1 Å². The topological polar surface area (TPSA) is 33.6 Å². The van der Waals surface area contributed by atoms with E-state index in [1.165, 1.54) is 22.4 Å². The minimum atomic E-state index is 0.294. The van der Waals surface area contributed by atoms with E-state index in [2.05, 4.69) is 89.4 Å². The van der Waals surface area contributed by atoms with Crippen molar-refractivity contribution in [3.05, 3.63) is 112 Å². The van der Waals surface area contributed by atoms with Crippen molar-refractivity contribution >= 4 is 33.5 Å². The normalized spacial score (nSPS) is 20.8. The first-order valence-corrected chi connectivity index (χ1v) is 12.1. The van der Waals surface area contributed by atoms with Crippen LogP contribution in [-0.4, -0.2) is 12.8 Å². The second kappa shape index (κ2) is 9.40. The smallest absolute Gasteiger partial charge is 0.128 e. The Kier molecular flexibility index (Phi) is 6.19. The Labute approximate surface area is 204 Å². The van der Waals surface area contributed by atoms with Crippen molar-refractivity contribution < 1.29 is 4.74 Å². The molecule has 1 N–H and O–H groups in total. The molecular formula is C29H27BrN2O. The summed E-state index contributed by atoms with van der Waals surface area (Å²) in [7, 11) is 0. The highest BCUT2D eigenvalue weighted by atomic mass is 79.9. The molecule has 0 saturated carbocycles. The zero-order valence-corrected chi connectivity index (χ0v) is 20.3. The maximum Gasteiger partial charge on any atom is 0.128 e. The van der Waals surface area contributed by atoms with E-state index >= 15 is 0 Å². The Morgan fingerprint density at radius 3 is 2.79 bits per heavy atom. The molecule has 0 aromatic heterocycles. The molecule has 2 aliphatic rings. The average Bonchev–Trinajstić information content (AvgIpc) is 3.32. The van der Waals surface area contributed by atoms with Gasteiger partial charge in [-0.25, -0.2) is 0 Å². The van der Waals surface area contributed by atoms with Crippen LogP contribution >= 0.6 is 15.9 Å². The molecule has 0 saturated heterocycles. The Bertz CT molecular complexity index is 1230. The van der Waals surface area contributed by atoms with Crippen LogP contribution in [0.25, 0.3) is 0 Å². The molecule has 3 aromatic rings. The number of allylic oxidation sites excluding steroid dienone is 2. The highest BCUT2D eigenvalue weighted by Gasteiger charge is 2.37. The van der Waals surface area contributed by atoms with Gasteiger partial charge in [0.1, 0.15) is 12.4 Å². The third-order valence-electron chi connectivity index (χ3n) is 6.45. The number of anilines is 1. The quantitative estimate of drug-likeness (QED) is 0.276. The largest absolute Gasteiger partial charge is 0.489 e. The first-order chi connectivity index (χ1) is 16.1. The Balaban J connectivity index is 1.37. The van der Waals surface area contributed by atoms with E-state index in [9.17, 15) is 0 Å². The highest BCUT2D eigenvalue weighted by Crippen LogP contribution is 2.50. The number of fused-ring (bicyclic) bond motifs is 3.